The highest BCUT2D eigenvalue weighted by molar-refractivity contribution is 6.05. The van der Waals surface area contributed by atoms with Crippen molar-refractivity contribution >= 4 is 16.9 Å². The van der Waals surface area contributed by atoms with Crippen LogP contribution in [0.15, 0.2) is 41.8 Å². The predicted molar refractivity (Wildman–Crippen MR) is 98.0 cm³/mol. The van der Waals surface area contributed by atoms with Crippen LogP contribution < -0.4 is 5.56 Å². The molecular formula is C19H21N5O2. The van der Waals surface area contributed by atoms with E-state index < -0.39 is 0 Å². The maximum absolute atomic E-state index is 12.9. The summed E-state index contributed by atoms with van der Waals surface area (Å²) in [7, 11) is 0. The quantitative estimate of drug-likeness (QED) is 0.782. The minimum Gasteiger partial charge on any atom is -0.345 e. The number of rotatable bonds is 3. The molecule has 7 nitrogen and oxygen atoms in total. The molecule has 7 heteroatoms. The molecule has 0 aromatic carbocycles. The molecule has 4 rings (SSSR count). The van der Waals surface area contributed by atoms with Crippen molar-refractivity contribution in [2.75, 3.05) is 13.1 Å². The largest absolute Gasteiger partial charge is 0.345 e. The normalized spacial score (nSPS) is 15.5. The van der Waals surface area contributed by atoms with E-state index in [0.29, 0.717) is 36.7 Å². The number of piperidine rings is 1. The van der Waals surface area contributed by atoms with Crippen LogP contribution >= 0.6 is 0 Å². The molecule has 3 aromatic rings. The smallest absolute Gasteiger partial charge is 0.256 e. The van der Waals surface area contributed by atoms with Crippen LogP contribution in [0.3, 0.4) is 0 Å². The summed E-state index contributed by atoms with van der Waals surface area (Å²) >= 11 is 0. The summed E-state index contributed by atoms with van der Waals surface area (Å²) in [4.78, 5) is 38.3. The fourth-order valence-corrected chi connectivity index (χ4v) is 3.59. The number of aromatic nitrogens is 4. The van der Waals surface area contributed by atoms with Gasteiger partial charge in [0.05, 0.1) is 11.9 Å². The van der Waals surface area contributed by atoms with Crippen molar-refractivity contribution in [2.45, 2.75) is 26.3 Å². The van der Waals surface area contributed by atoms with Crippen LogP contribution in [-0.4, -0.2) is 43.4 Å². The van der Waals surface area contributed by atoms with E-state index in [1.807, 2.05) is 17.0 Å². The number of fused-ring (bicyclic) bond motifs is 1. The zero-order valence-corrected chi connectivity index (χ0v) is 14.7. The number of H-pyrrole nitrogens is 1. The number of nitrogens with one attached hydrogen (secondary N) is 1. The fraction of sp³-hybridized carbons (Fsp3) is 0.368. The zero-order chi connectivity index (χ0) is 18.1. The molecule has 4 heterocycles. The number of carbonyl (C=O) groups is 1. The van der Waals surface area contributed by atoms with Gasteiger partial charge in [-0.25, -0.2) is 9.97 Å². The number of hydrogen-bond donors (Lipinski definition) is 1. The molecule has 1 fully saturated rings. The van der Waals surface area contributed by atoms with Crippen molar-refractivity contribution in [2.24, 2.45) is 5.92 Å². The molecule has 0 unspecified atom stereocenters. The molecular weight excluding hydrogens is 330 g/mol. The Morgan fingerprint density at radius 3 is 2.96 bits per heavy atom. The van der Waals surface area contributed by atoms with Crippen molar-refractivity contribution < 1.29 is 4.79 Å². The Morgan fingerprint density at radius 2 is 2.15 bits per heavy atom. The lowest BCUT2D eigenvalue weighted by atomic mass is 9.96. The molecule has 1 aliphatic heterocycles. The molecule has 0 spiro atoms. The molecule has 0 radical (unpaired) electrons. The highest BCUT2D eigenvalue weighted by atomic mass is 16.2. The number of nitrogens with zero attached hydrogens (tertiary/aromatic N) is 4. The number of amides is 1. The van der Waals surface area contributed by atoms with E-state index in [1.165, 1.54) is 0 Å². The molecule has 0 bridgehead atoms. The monoisotopic (exact) mass is 351 g/mol. The van der Waals surface area contributed by atoms with E-state index >= 15 is 0 Å². The number of aryl methyl sites for hydroxylation is 1. The second-order valence-corrected chi connectivity index (χ2v) is 6.87. The molecule has 1 N–H and O–H groups in total. The highest BCUT2D eigenvalue weighted by Crippen LogP contribution is 2.23. The molecule has 1 saturated heterocycles. The topological polar surface area (TPSA) is 83.9 Å². The Kier molecular flexibility index (Phi) is 4.28. The molecule has 26 heavy (non-hydrogen) atoms. The summed E-state index contributed by atoms with van der Waals surface area (Å²) < 4.78 is 1.68. The van der Waals surface area contributed by atoms with Gasteiger partial charge in [0.1, 0.15) is 5.65 Å². The maximum atomic E-state index is 12.9. The van der Waals surface area contributed by atoms with Gasteiger partial charge in [-0.05, 0) is 37.8 Å². The van der Waals surface area contributed by atoms with E-state index in [9.17, 15) is 9.59 Å². The Hall–Kier alpha value is -2.96. The van der Waals surface area contributed by atoms with Crippen molar-refractivity contribution in [3.8, 4) is 0 Å². The number of likely N-dealkylation sites (tertiary alicyclic amines) is 1. The van der Waals surface area contributed by atoms with Crippen LogP contribution in [0.5, 0.6) is 0 Å². The summed E-state index contributed by atoms with van der Waals surface area (Å²) in [6, 6.07) is 3.75. The first-order valence-corrected chi connectivity index (χ1v) is 8.86. The van der Waals surface area contributed by atoms with Crippen LogP contribution in [0.2, 0.25) is 0 Å². The van der Waals surface area contributed by atoms with Crippen LogP contribution in [0, 0.1) is 12.8 Å². The lowest BCUT2D eigenvalue weighted by Gasteiger charge is -2.32. The fourth-order valence-electron chi connectivity index (χ4n) is 3.59. The number of carbonyl (C=O) groups excluding carboxylic acids is 1. The van der Waals surface area contributed by atoms with Gasteiger partial charge in [-0.15, -0.1) is 0 Å². The van der Waals surface area contributed by atoms with E-state index in [0.717, 1.165) is 23.9 Å². The molecule has 0 atom stereocenters. The summed E-state index contributed by atoms with van der Waals surface area (Å²) in [5.74, 6) is 0.419. The Morgan fingerprint density at radius 1 is 1.35 bits per heavy atom. The van der Waals surface area contributed by atoms with Gasteiger partial charge in [0, 0.05) is 49.2 Å². The minimum atomic E-state index is 0.0183. The van der Waals surface area contributed by atoms with E-state index in [1.54, 1.807) is 36.4 Å². The van der Waals surface area contributed by atoms with E-state index in [2.05, 4.69) is 15.0 Å². The van der Waals surface area contributed by atoms with Gasteiger partial charge < -0.3 is 9.88 Å². The number of hydrogen-bond acceptors (Lipinski definition) is 4. The minimum absolute atomic E-state index is 0.0183. The third kappa shape index (κ3) is 3.00. The van der Waals surface area contributed by atoms with Crippen LogP contribution in [-0.2, 0) is 6.54 Å². The highest BCUT2D eigenvalue weighted by Gasteiger charge is 2.25. The third-order valence-corrected chi connectivity index (χ3v) is 5.11. The molecule has 3 aromatic heterocycles. The standard InChI is InChI=1S/C19H21N5O2/c1-13-9-20-12-24(18(13)25)11-14-4-7-23(8-5-14)19(26)16-10-22-17-15(16)3-2-6-21-17/h2-3,6,9-10,12,14H,4-5,7-8,11H2,1H3,(H,21,22). The molecule has 0 aliphatic carbocycles. The second kappa shape index (κ2) is 6.74. The second-order valence-electron chi connectivity index (χ2n) is 6.87. The lowest BCUT2D eigenvalue weighted by molar-refractivity contribution is 0.0684. The average Bonchev–Trinajstić information content (AvgIpc) is 3.10. The number of pyridine rings is 1. The van der Waals surface area contributed by atoms with Crippen molar-refractivity contribution in [3.63, 3.8) is 0 Å². The maximum Gasteiger partial charge on any atom is 0.256 e. The predicted octanol–water partition coefficient (Wildman–Crippen LogP) is 1.98. The Balaban J connectivity index is 1.42. The van der Waals surface area contributed by atoms with E-state index in [-0.39, 0.29) is 11.5 Å². The lowest BCUT2D eigenvalue weighted by Crippen LogP contribution is -2.40. The summed E-state index contributed by atoms with van der Waals surface area (Å²) in [6.07, 6.45) is 8.41. The van der Waals surface area contributed by atoms with Crippen LogP contribution in [0.1, 0.15) is 28.8 Å². The van der Waals surface area contributed by atoms with Gasteiger partial charge in [0.25, 0.3) is 11.5 Å². The van der Waals surface area contributed by atoms with Crippen molar-refractivity contribution in [1.82, 2.24) is 24.4 Å². The Labute approximate surface area is 150 Å². The van der Waals surface area contributed by atoms with Gasteiger partial charge in [-0.1, -0.05) is 0 Å². The third-order valence-electron chi connectivity index (χ3n) is 5.11. The summed E-state index contributed by atoms with van der Waals surface area (Å²) in [5, 5.41) is 0.858. The first-order valence-electron chi connectivity index (χ1n) is 8.86. The number of aromatic amines is 1. The van der Waals surface area contributed by atoms with Gasteiger partial charge >= 0.3 is 0 Å². The SMILES string of the molecule is Cc1cncn(CC2CCN(C(=O)c3c[nH]c4ncccc34)CC2)c1=O. The first-order chi connectivity index (χ1) is 12.6. The van der Waals surface area contributed by atoms with Crippen molar-refractivity contribution in [3.05, 3.63) is 58.5 Å². The summed E-state index contributed by atoms with van der Waals surface area (Å²) in [5.41, 5.74) is 2.08. The van der Waals surface area contributed by atoms with E-state index in [4.69, 9.17) is 0 Å². The molecule has 134 valence electrons. The molecule has 0 saturated carbocycles. The van der Waals surface area contributed by atoms with Crippen molar-refractivity contribution in [1.29, 1.82) is 0 Å². The first kappa shape index (κ1) is 16.5. The van der Waals surface area contributed by atoms with Gasteiger partial charge in [0.2, 0.25) is 0 Å². The molecule has 1 aliphatic rings. The zero-order valence-electron chi connectivity index (χ0n) is 14.7. The van der Waals surface area contributed by atoms with Crippen LogP contribution in [0.25, 0.3) is 11.0 Å². The van der Waals surface area contributed by atoms with Gasteiger partial charge in [-0.2, -0.15) is 0 Å². The molecule has 1 amide bonds. The van der Waals surface area contributed by atoms with Crippen LogP contribution in [0.4, 0.5) is 0 Å². The average molecular weight is 351 g/mol. The Bertz CT molecular complexity index is 998. The van der Waals surface area contributed by atoms with Gasteiger partial charge in [-0.3, -0.25) is 14.2 Å². The van der Waals surface area contributed by atoms with Gasteiger partial charge in [0.15, 0.2) is 0 Å². The summed E-state index contributed by atoms with van der Waals surface area (Å²) in [6.45, 7) is 3.84.